The lowest BCUT2D eigenvalue weighted by Gasteiger charge is -2.15. The van der Waals surface area contributed by atoms with Crippen LogP contribution in [0.4, 0.5) is 16.0 Å². The summed E-state index contributed by atoms with van der Waals surface area (Å²) >= 11 is 5.94. The van der Waals surface area contributed by atoms with Crippen molar-refractivity contribution in [3.05, 3.63) is 76.5 Å². The van der Waals surface area contributed by atoms with E-state index < -0.39 is 5.82 Å². The predicted octanol–water partition coefficient (Wildman–Crippen LogP) is 5.35. The van der Waals surface area contributed by atoms with E-state index in [1.165, 1.54) is 6.07 Å². The average molecular weight is 382 g/mol. The van der Waals surface area contributed by atoms with E-state index in [9.17, 15) is 4.39 Å². The van der Waals surface area contributed by atoms with E-state index >= 15 is 0 Å². The van der Waals surface area contributed by atoms with Crippen molar-refractivity contribution in [3.63, 3.8) is 0 Å². The molecule has 1 atom stereocenters. The Balaban J connectivity index is 1.79. The van der Waals surface area contributed by atoms with Crippen LogP contribution in [0.3, 0.4) is 0 Å². The largest absolute Gasteiger partial charge is 0.323 e. The summed E-state index contributed by atoms with van der Waals surface area (Å²) in [6.45, 7) is 3.90. The molecule has 2 heterocycles. The van der Waals surface area contributed by atoms with Crippen LogP contribution in [0.5, 0.6) is 0 Å². The summed E-state index contributed by atoms with van der Waals surface area (Å²) in [5.41, 5.74) is 2.61. The average Bonchev–Trinajstić information content (AvgIpc) is 3.08. The first-order valence-corrected chi connectivity index (χ1v) is 8.90. The Morgan fingerprint density at radius 2 is 1.93 bits per heavy atom. The maximum atomic E-state index is 13.5. The number of aryl methyl sites for hydroxylation is 1. The molecule has 0 spiro atoms. The summed E-state index contributed by atoms with van der Waals surface area (Å²) in [6, 6.07) is 14.3. The molecule has 27 heavy (non-hydrogen) atoms. The van der Waals surface area contributed by atoms with Crippen LogP contribution in [-0.2, 0) is 0 Å². The lowest BCUT2D eigenvalue weighted by Crippen LogP contribution is -2.06. The third-order valence-electron chi connectivity index (χ3n) is 4.40. The quantitative estimate of drug-likeness (QED) is 0.500. The third kappa shape index (κ3) is 3.48. The van der Waals surface area contributed by atoms with Crippen molar-refractivity contribution in [2.24, 2.45) is 0 Å². The highest BCUT2D eigenvalue weighted by Gasteiger charge is 2.17. The van der Waals surface area contributed by atoms with Gasteiger partial charge in [-0.3, -0.25) is 5.10 Å². The van der Waals surface area contributed by atoms with Gasteiger partial charge in [0.05, 0.1) is 10.5 Å². The van der Waals surface area contributed by atoms with Crippen LogP contribution in [0, 0.1) is 12.7 Å². The molecule has 0 aliphatic heterocycles. The zero-order valence-corrected chi connectivity index (χ0v) is 15.5. The van der Waals surface area contributed by atoms with Gasteiger partial charge in [-0.1, -0.05) is 36.7 Å². The SMILES string of the molecule is Cc1cc(Nc2nc(C(C)c3ccc(F)c(Cl)c3)nc3ccccc23)n[nH]1. The standard InChI is InChI=1S/C20H17ClFN5/c1-11-9-18(27-26-11)24-20-14-5-3-4-6-17(14)23-19(25-20)12(2)13-7-8-16(22)15(21)10-13/h3-10,12H,1-2H3,(H2,23,24,25,26,27). The van der Waals surface area contributed by atoms with Gasteiger partial charge in [0.1, 0.15) is 17.5 Å². The molecule has 2 aromatic carbocycles. The number of aromatic nitrogens is 4. The summed E-state index contributed by atoms with van der Waals surface area (Å²) in [5, 5.41) is 11.4. The van der Waals surface area contributed by atoms with Crippen LogP contribution in [0.2, 0.25) is 5.02 Å². The van der Waals surface area contributed by atoms with E-state index in [4.69, 9.17) is 21.6 Å². The second-order valence-electron chi connectivity index (χ2n) is 6.40. The van der Waals surface area contributed by atoms with Crippen molar-refractivity contribution >= 4 is 34.1 Å². The van der Waals surface area contributed by atoms with Crippen LogP contribution >= 0.6 is 11.6 Å². The van der Waals surface area contributed by atoms with Crippen LogP contribution in [0.15, 0.2) is 48.5 Å². The fraction of sp³-hybridized carbons (Fsp3) is 0.150. The van der Waals surface area contributed by atoms with E-state index in [-0.39, 0.29) is 10.9 Å². The minimum atomic E-state index is -0.441. The molecule has 7 heteroatoms. The maximum absolute atomic E-state index is 13.5. The summed E-state index contributed by atoms with van der Waals surface area (Å²) < 4.78 is 13.5. The lowest BCUT2D eigenvalue weighted by atomic mass is 10.00. The van der Waals surface area contributed by atoms with Crippen LogP contribution in [-0.4, -0.2) is 20.2 Å². The molecule has 0 fully saturated rings. The monoisotopic (exact) mass is 381 g/mol. The topological polar surface area (TPSA) is 66.5 Å². The Bertz CT molecular complexity index is 1120. The van der Waals surface area contributed by atoms with Gasteiger partial charge in [-0.2, -0.15) is 5.10 Å². The number of hydrogen-bond donors (Lipinski definition) is 2. The molecule has 0 saturated heterocycles. The van der Waals surface area contributed by atoms with Crippen LogP contribution < -0.4 is 5.32 Å². The van der Waals surface area contributed by atoms with Gasteiger partial charge < -0.3 is 5.32 Å². The number of benzene rings is 2. The van der Waals surface area contributed by atoms with Crippen molar-refractivity contribution in [1.82, 2.24) is 20.2 Å². The van der Waals surface area contributed by atoms with E-state index in [0.717, 1.165) is 22.2 Å². The molecule has 0 saturated carbocycles. The van der Waals surface area contributed by atoms with E-state index in [1.54, 1.807) is 12.1 Å². The van der Waals surface area contributed by atoms with E-state index in [0.29, 0.717) is 17.5 Å². The summed E-state index contributed by atoms with van der Waals surface area (Å²) in [4.78, 5) is 9.42. The highest BCUT2D eigenvalue weighted by atomic mass is 35.5. The summed E-state index contributed by atoms with van der Waals surface area (Å²) in [6.07, 6.45) is 0. The van der Waals surface area contributed by atoms with Gasteiger partial charge in [0, 0.05) is 23.1 Å². The van der Waals surface area contributed by atoms with Gasteiger partial charge in [0.15, 0.2) is 5.82 Å². The molecule has 1 unspecified atom stereocenters. The number of para-hydroxylation sites is 1. The normalized spacial score (nSPS) is 12.3. The maximum Gasteiger partial charge on any atom is 0.153 e. The van der Waals surface area contributed by atoms with Crippen LogP contribution in [0.25, 0.3) is 10.9 Å². The highest BCUT2D eigenvalue weighted by molar-refractivity contribution is 6.30. The minimum absolute atomic E-state index is 0.0884. The zero-order valence-electron chi connectivity index (χ0n) is 14.8. The second kappa shape index (κ2) is 6.96. The molecular formula is C20H17ClFN5. The fourth-order valence-corrected chi connectivity index (χ4v) is 3.11. The Morgan fingerprint density at radius 3 is 2.67 bits per heavy atom. The molecule has 136 valence electrons. The molecule has 0 amide bonds. The third-order valence-corrected chi connectivity index (χ3v) is 4.69. The number of H-pyrrole nitrogens is 1. The molecule has 5 nitrogen and oxygen atoms in total. The van der Waals surface area contributed by atoms with E-state index in [1.807, 2.05) is 44.2 Å². The van der Waals surface area contributed by atoms with Crippen LogP contribution in [0.1, 0.15) is 29.9 Å². The molecular weight excluding hydrogens is 365 g/mol. The lowest BCUT2D eigenvalue weighted by molar-refractivity contribution is 0.626. The van der Waals surface area contributed by atoms with Gasteiger partial charge in [-0.05, 0) is 36.8 Å². The fourth-order valence-electron chi connectivity index (χ4n) is 2.92. The number of fused-ring (bicyclic) bond motifs is 1. The van der Waals surface area contributed by atoms with Gasteiger partial charge in [0.2, 0.25) is 0 Å². The first kappa shape index (κ1) is 17.4. The smallest absolute Gasteiger partial charge is 0.153 e. The minimum Gasteiger partial charge on any atom is -0.323 e. The number of nitrogens with one attached hydrogen (secondary N) is 2. The predicted molar refractivity (Wildman–Crippen MR) is 105 cm³/mol. The molecule has 0 aliphatic carbocycles. The first-order chi connectivity index (χ1) is 13.0. The van der Waals surface area contributed by atoms with Gasteiger partial charge in [0.25, 0.3) is 0 Å². The first-order valence-electron chi connectivity index (χ1n) is 8.52. The van der Waals surface area contributed by atoms with Crippen molar-refractivity contribution in [1.29, 1.82) is 0 Å². The molecule has 0 aliphatic rings. The van der Waals surface area contributed by atoms with Gasteiger partial charge in [-0.15, -0.1) is 0 Å². The summed E-state index contributed by atoms with van der Waals surface area (Å²) in [7, 11) is 0. The Kier molecular flexibility index (Phi) is 4.49. The number of anilines is 2. The van der Waals surface area contributed by atoms with Gasteiger partial charge in [-0.25, -0.2) is 14.4 Å². The molecule has 4 aromatic rings. The molecule has 2 aromatic heterocycles. The Hall–Kier alpha value is -2.99. The van der Waals surface area contributed by atoms with Gasteiger partial charge >= 0.3 is 0 Å². The van der Waals surface area contributed by atoms with Crippen molar-refractivity contribution in [3.8, 4) is 0 Å². The Morgan fingerprint density at radius 1 is 1.11 bits per heavy atom. The number of rotatable bonds is 4. The molecule has 0 bridgehead atoms. The summed E-state index contributed by atoms with van der Waals surface area (Å²) in [5.74, 6) is 1.37. The number of halogens is 2. The van der Waals surface area contributed by atoms with E-state index in [2.05, 4.69) is 15.5 Å². The molecule has 2 N–H and O–H groups in total. The number of nitrogens with zero attached hydrogens (tertiary/aromatic N) is 3. The number of hydrogen-bond acceptors (Lipinski definition) is 4. The second-order valence-corrected chi connectivity index (χ2v) is 6.81. The van der Waals surface area contributed by atoms with Crippen molar-refractivity contribution in [2.45, 2.75) is 19.8 Å². The zero-order chi connectivity index (χ0) is 19.0. The van der Waals surface area contributed by atoms with Crippen molar-refractivity contribution < 1.29 is 4.39 Å². The Labute approximate surface area is 160 Å². The molecule has 0 radical (unpaired) electrons. The van der Waals surface area contributed by atoms with Crippen molar-refractivity contribution in [2.75, 3.05) is 5.32 Å². The number of aromatic amines is 1. The molecule has 4 rings (SSSR count). The highest BCUT2D eigenvalue weighted by Crippen LogP contribution is 2.30.